The Hall–Kier alpha value is -4.53. The number of carboxylic acid groups (broad SMARTS) is 1. The first kappa shape index (κ1) is 60.5. The summed E-state index contributed by atoms with van der Waals surface area (Å²) in [7, 11) is 5.50. The van der Waals surface area contributed by atoms with Gasteiger partial charge in [0.15, 0.2) is 12.1 Å². The first-order valence-corrected chi connectivity index (χ1v) is 24.8. The van der Waals surface area contributed by atoms with E-state index in [1.807, 2.05) is 57.6 Å². The van der Waals surface area contributed by atoms with Gasteiger partial charge in [0, 0.05) is 19.3 Å². The number of nitrogens with zero attached hydrogens (tertiary/aromatic N) is 1. The minimum atomic E-state index is -0.890. The third-order valence-corrected chi connectivity index (χ3v) is 10.1. The van der Waals surface area contributed by atoms with Gasteiger partial charge in [0.1, 0.15) is 6.61 Å². The standard InChI is InChI=1S/C57H89NO7/c1-6-8-10-12-14-16-18-20-22-24-26-27-28-29-30-32-33-35-37-39-41-43-45-47-55(59)64-52-53(51-63-50-49-54(57(61)62)58(3,4)5)65-56(60)48-46-44-42-40-38-36-34-31-25-23-21-19-17-15-13-11-9-7-2/h8,10-11,13-17,19-23,25-27,29-31,33-35,53-54H,6-7,9,12,18,24,28,32,36-52H2,1-5H3/p+1/b10-8+,13-11+,16-14+,17-15+,21-19+,22-20+,25-23+,27-26+,30-29+,34-31+,35-33+. The fourth-order valence-electron chi connectivity index (χ4n) is 6.36. The number of ether oxygens (including phenoxy) is 3. The second-order valence-electron chi connectivity index (χ2n) is 17.1. The van der Waals surface area contributed by atoms with Crippen LogP contribution in [-0.2, 0) is 28.6 Å². The Balaban J connectivity index is 4.41. The summed E-state index contributed by atoms with van der Waals surface area (Å²) in [4.78, 5) is 37.1. The summed E-state index contributed by atoms with van der Waals surface area (Å²) in [5.41, 5.74) is 0. The molecule has 364 valence electrons. The molecule has 0 spiro atoms. The molecule has 0 fully saturated rings. The maximum Gasteiger partial charge on any atom is 0.362 e. The van der Waals surface area contributed by atoms with E-state index in [4.69, 9.17) is 14.2 Å². The van der Waals surface area contributed by atoms with Crippen LogP contribution in [0.15, 0.2) is 134 Å². The molecule has 0 heterocycles. The van der Waals surface area contributed by atoms with Crippen LogP contribution in [0.1, 0.15) is 155 Å². The average molecular weight is 901 g/mol. The number of hydrogen-bond donors (Lipinski definition) is 1. The lowest BCUT2D eigenvalue weighted by Gasteiger charge is -2.31. The first-order chi connectivity index (χ1) is 31.6. The number of carboxylic acids is 1. The number of carbonyl (C=O) groups excluding carboxylic acids is 2. The van der Waals surface area contributed by atoms with E-state index in [0.29, 0.717) is 12.8 Å². The fourth-order valence-corrected chi connectivity index (χ4v) is 6.36. The van der Waals surface area contributed by atoms with Gasteiger partial charge in [-0.15, -0.1) is 0 Å². The molecule has 8 heteroatoms. The van der Waals surface area contributed by atoms with Crippen molar-refractivity contribution in [3.63, 3.8) is 0 Å². The Morgan fingerprint density at radius 3 is 1.42 bits per heavy atom. The summed E-state index contributed by atoms with van der Waals surface area (Å²) in [6.07, 6.45) is 66.3. The van der Waals surface area contributed by atoms with Gasteiger partial charge in [-0.05, 0) is 83.5 Å². The van der Waals surface area contributed by atoms with E-state index >= 15 is 0 Å². The molecule has 0 radical (unpaired) electrons. The molecule has 0 aromatic carbocycles. The second kappa shape index (κ2) is 46.0. The lowest BCUT2D eigenvalue weighted by atomic mass is 10.1. The van der Waals surface area contributed by atoms with Crippen molar-refractivity contribution in [3.05, 3.63) is 134 Å². The highest BCUT2D eigenvalue weighted by molar-refractivity contribution is 5.72. The number of unbranched alkanes of at least 4 members (excludes halogenated alkanes) is 10. The highest BCUT2D eigenvalue weighted by Crippen LogP contribution is 2.12. The van der Waals surface area contributed by atoms with Crippen molar-refractivity contribution >= 4 is 17.9 Å². The number of rotatable bonds is 42. The zero-order chi connectivity index (χ0) is 47.7. The molecule has 0 aliphatic heterocycles. The van der Waals surface area contributed by atoms with Crippen LogP contribution >= 0.6 is 0 Å². The van der Waals surface area contributed by atoms with Crippen molar-refractivity contribution in [2.24, 2.45) is 0 Å². The van der Waals surface area contributed by atoms with Crippen molar-refractivity contribution in [2.45, 2.75) is 167 Å². The first-order valence-electron chi connectivity index (χ1n) is 24.8. The van der Waals surface area contributed by atoms with Gasteiger partial charge < -0.3 is 23.8 Å². The van der Waals surface area contributed by atoms with Crippen molar-refractivity contribution < 1.29 is 38.2 Å². The van der Waals surface area contributed by atoms with Gasteiger partial charge in [0.2, 0.25) is 0 Å². The summed E-state index contributed by atoms with van der Waals surface area (Å²) in [6, 6.07) is -0.634. The lowest BCUT2D eigenvalue weighted by Crippen LogP contribution is -2.50. The summed E-state index contributed by atoms with van der Waals surface area (Å²) in [6.45, 7) is 4.45. The van der Waals surface area contributed by atoms with Crippen LogP contribution in [0.5, 0.6) is 0 Å². The van der Waals surface area contributed by atoms with E-state index in [1.165, 1.54) is 6.42 Å². The fraction of sp³-hybridized carbons (Fsp3) is 0.561. The van der Waals surface area contributed by atoms with E-state index in [9.17, 15) is 19.5 Å². The molecule has 2 unspecified atom stereocenters. The highest BCUT2D eigenvalue weighted by Gasteiger charge is 2.31. The zero-order valence-corrected chi connectivity index (χ0v) is 41.4. The van der Waals surface area contributed by atoms with Gasteiger partial charge in [-0.3, -0.25) is 9.59 Å². The van der Waals surface area contributed by atoms with Gasteiger partial charge in [-0.25, -0.2) is 4.79 Å². The van der Waals surface area contributed by atoms with Gasteiger partial charge in [0.25, 0.3) is 0 Å². The molecule has 0 rings (SSSR count). The van der Waals surface area contributed by atoms with Crippen molar-refractivity contribution in [1.82, 2.24) is 0 Å². The molecule has 0 aromatic heterocycles. The van der Waals surface area contributed by atoms with Gasteiger partial charge in [0.05, 0.1) is 34.4 Å². The van der Waals surface area contributed by atoms with Crippen LogP contribution in [0.3, 0.4) is 0 Å². The topological polar surface area (TPSA) is 99.1 Å². The van der Waals surface area contributed by atoms with Crippen LogP contribution in [0.25, 0.3) is 0 Å². The Kier molecular flexibility index (Phi) is 42.8. The molecule has 0 aromatic rings. The molecule has 0 amide bonds. The van der Waals surface area contributed by atoms with E-state index in [1.54, 1.807) is 0 Å². The minimum Gasteiger partial charge on any atom is -0.477 e. The third kappa shape index (κ3) is 44.5. The molecule has 2 atom stereocenters. The summed E-state index contributed by atoms with van der Waals surface area (Å²) in [5.74, 6) is -1.55. The normalized spacial score (nSPS) is 14.0. The monoisotopic (exact) mass is 901 g/mol. The van der Waals surface area contributed by atoms with E-state index in [-0.39, 0.29) is 42.7 Å². The molecule has 8 nitrogen and oxygen atoms in total. The summed E-state index contributed by atoms with van der Waals surface area (Å²) in [5, 5.41) is 9.65. The van der Waals surface area contributed by atoms with Crippen LogP contribution < -0.4 is 0 Å². The summed E-state index contributed by atoms with van der Waals surface area (Å²) < 4.78 is 17.3. The molecule has 0 aliphatic carbocycles. The van der Waals surface area contributed by atoms with Crippen molar-refractivity contribution in [2.75, 3.05) is 41.0 Å². The highest BCUT2D eigenvalue weighted by atomic mass is 16.6. The number of likely N-dealkylation sites (N-methyl/N-ethyl adjacent to an activating group) is 1. The quantitative estimate of drug-likeness (QED) is 0.0214. The van der Waals surface area contributed by atoms with E-state index in [0.717, 1.165) is 116 Å². The molecule has 0 saturated heterocycles. The molecule has 0 saturated carbocycles. The van der Waals surface area contributed by atoms with Crippen LogP contribution in [0.2, 0.25) is 0 Å². The number of carbonyl (C=O) groups is 3. The Bertz CT molecular complexity index is 1520. The summed E-state index contributed by atoms with van der Waals surface area (Å²) >= 11 is 0. The van der Waals surface area contributed by atoms with Crippen molar-refractivity contribution in [3.8, 4) is 0 Å². The number of quaternary nitrogens is 1. The lowest BCUT2D eigenvalue weighted by molar-refractivity contribution is -0.887. The Morgan fingerprint density at radius 2 is 0.923 bits per heavy atom. The molecular formula is C57H90NO7+. The number of aliphatic carboxylic acids is 1. The minimum absolute atomic E-state index is 0.0316. The molecule has 0 aliphatic rings. The number of esters is 2. The number of hydrogen-bond acceptors (Lipinski definition) is 6. The van der Waals surface area contributed by atoms with E-state index < -0.39 is 18.1 Å². The molecule has 65 heavy (non-hydrogen) atoms. The molecule has 0 bridgehead atoms. The predicted octanol–water partition coefficient (Wildman–Crippen LogP) is 14.4. The second-order valence-corrected chi connectivity index (χ2v) is 17.1. The Labute approximate surface area is 396 Å². The smallest absolute Gasteiger partial charge is 0.362 e. The maximum absolute atomic E-state index is 12.8. The average Bonchev–Trinajstić information content (AvgIpc) is 3.27. The zero-order valence-electron chi connectivity index (χ0n) is 41.4. The van der Waals surface area contributed by atoms with Gasteiger partial charge in [-0.2, -0.15) is 0 Å². The van der Waals surface area contributed by atoms with Gasteiger partial charge in [-0.1, -0.05) is 186 Å². The van der Waals surface area contributed by atoms with Crippen LogP contribution in [0.4, 0.5) is 0 Å². The third-order valence-electron chi connectivity index (χ3n) is 10.1. The van der Waals surface area contributed by atoms with Gasteiger partial charge >= 0.3 is 17.9 Å². The SMILES string of the molecule is CC/C=C/C/C=C/C/C=C/C/C=C/C/C=C/C/C=C/CCCCCCC(=O)OCC(COCCC(C(=O)O)[N+](C)(C)C)OC(=O)CCCCCCC/C=C/C=C/C=C/C=C/C=C/CCC. The predicted molar refractivity (Wildman–Crippen MR) is 275 cm³/mol. The molecular weight excluding hydrogens is 811 g/mol. The van der Waals surface area contributed by atoms with E-state index in [2.05, 4.69) is 111 Å². The Morgan fingerprint density at radius 1 is 0.492 bits per heavy atom. The van der Waals surface area contributed by atoms with Crippen molar-refractivity contribution in [1.29, 1.82) is 0 Å². The molecule has 1 N–H and O–H groups in total. The van der Waals surface area contributed by atoms with Crippen LogP contribution in [-0.4, -0.2) is 80.6 Å². The largest absolute Gasteiger partial charge is 0.477 e. The maximum atomic E-state index is 12.8. The number of allylic oxidation sites excluding steroid dienone is 22. The van der Waals surface area contributed by atoms with Crippen LogP contribution in [0, 0.1) is 0 Å².